The molecule has 0 aliphatic heterocycles. The van der Waals surface area contributed by atoms with Gasteiger partial charge in [0, 0.05) is 25.6 Å². The normalized spacial score (nSPS) is 11.9. The van der Waals surface area contributed by atoms with E-state index in [0.717, 1.165) is 23.9 Å². The molecule has 0 fully saturated rings. The molecule has 29 heavy (non-hydrogen) atoms. The lowest BCUT2D eigenvalue weighted by molar-refractivity contribution is -0.329. The standard InChI is InChI=1S/C18H13Cl2F2N3O4/c1-9(26)28-29-10(2)27-18-15(20)17(11-6-12(21)8-23-7-11)25(24-18)14-5-3-4-13(19)16(14)22/h3-8,10H,1-2H3. The minimum Gasteiger partial charge on any atom is -0.442 e. The van der Waals surface area contributed by atoms with Crippen molar-refractivity contribution in [1.29, 1.82) is 0 Å². The second kappa shape index (κ2) is 8.73. The first kappa shape index (κ1) is 21.0. The summed E-state index contributed by atoms with van der Waals surface area (Å²) in [4.78, 5) is 23.8. The Morgan fingerprint density at radius 2 is 2.00 bits per heavy atom. The van der Waals surface area contributed by atoms with E-state index >= 15 is 0 Å². The van der Waals surface area contributed by atoms with E-state index in [4.69, 9.17) is 32.8 Å². The molecule has 0 spiro atoms. The SMILES string of the molecule is CC(=O)OOC(C)Oc1nn(-c2cccc(Cl)c2F)c(-c2cncc(F)c2)c1Cl. The fourth-order valence-electron chi connectivity index (χ4n) is 2.39. The molecule has 3 rings (SSSR count). The van der Waals surface area contributed by atoms with Crippen molar-refractivity contribution in [2.45, 2.75) is 20.1 Å². The predicted octanol–water partition coefficient (Wildman–Crippen LogP) is 4.74. The molecular formula is C18H13Cl2F2N3O4. The fraction of sp³-hybridized carbons (Fsp3) is 0.167. The molecule has 0 N–H and O–H groups in total. The number of carbonyl (C=O) groups excluding carboxylic acids is 1. The lowest BCUT2D eigenvalue weighted by Crippen LogP contribution is -2.18. The van der Waals surface area contributed by atoms with Crippen molar-refractivity contribution >= 4 is 29.2 Å². The number of pyridine rings is 1. The van der Waals surface area contributed by atoms with Gasteiger partial charge >= 0.3 is 5.97 Å². The molecule has 0 bridgehead atoms. The van der Waals surface area contributed by atoms with Crippen molar-refractivity contribution < 1.29 is 28.1 Å². The van der Waals surface area contributed by atoms with Gasteiger partial charge in [-0.15, -0.1) is 9.99 Å². The van der Waals surface area contributed by atoms with Crippen LogP contribution in [0.5, 0.6) is 5.88 Å². The van der Waals surface area contributed by atoms with Gasteiger partial charge in [-0.05, 0) is 18.2 Å². The first-order valence-corrected chi connectivity index (χ1v) is 8.88. The van der Waals surface area contributed by atoms with Crippen molar-refractivity contribution in [3.8, 4) is 22.8 Å². The summed E-state index contributed by atoms with van der Waals surface area (Å²) in [5.74, 6) is -2.27. The molecule has 0 saturated carbocycles. The number of hydrogen-bond donors (Lipinski definition) is 0. The average molecular weight is 444 g/mol. The molecule has 2 aromatic heterocycles. The van der Waals surface area contributed by atoms with Gasteiger partial charge in [-0.1, -0.05) is 29.3 Å². The van der Waals surface area contributed by atoms with Crippen LogP contribution in [0, 0.1) is 11.6 Å². The summed E-state index contributed by atoms with van der Waals surface area (Å²) in [6.45, 7) is 2.56. The number of aromatic nitrogens is 3. The number of benzene rings is 1. The number of nitrogens with zero attached hydrogens (tertiary/aromatic N) is 3. The molecule has 0 amide bonds. The van der Waals surface area contributed by atoms with Crippen molar-refractivity contribution in [2.24, 2.45) is 0 Å². The van der Waals surface area contributed by atoms with Gasteiger partial charge in [0.05, 0.1) is 16.9 Å². The maximum absolute atomic E-state index is 14.6. The third kappa shape index (κ3) is 4.64. The maximum atomic E-state index is 14.6. The third-order valence-corrected chi connectivity index (χ3v) is 4.15. The average Bonchev–Trinajstić information content (AvgIpc) is 2.98. The van der Waals surface area contributed by atoms with Gasteiger partial charge in [-0.2, -0.15) is 0 Å². The molecule has 0 aliphatic carbocycles. The van der Waals surface area contributed by atoms with Gasteiger partial charge in [0.15, 0.2) is 5.82 Å². The summed E-state index contributed by atoms with van der Waals surface area (Å²) in [7, 11) is 0. The zero-order valence-electron chi connectivity index (χ0n) is 15.0. The van der Waals surface area contributed by atoms with Gasteiger partial charge in [0.1, 0.15) is 16.5 Å². The summed E-state index contributed by atoms with van der Waals surface area (Å²) >= 11 is 12.3. The van der Waals surface area contributed by atoms with Crippen LogP contribution < -0.4 is 4.74 Å². The highest BCUT2D eigenvalue weighted by atomic mass is 35.5. The van der Waals surface area contributed by atoms with Crippen LogP contribution in [-0.4, -0.2) is 27.0 Å². The zero-order chi connectivity index (χ0) is 21.1. The second-order valence-corrected chi connectivity index (χ2v) is 6.49. The van der Waals surface area contributed by atoms with Crippen molar-refractivity contribution in [1.82, 2.24) is 14.8 Å². The first-order chi connectivity index (χ1) is 13.8. The van der Waals surface area contributed by atoms with Crippen LogP contribution in [0.1, 0.15) is 13.8 Å². The smallest absolute Gasteiger partial charge is 0.339 e. The summed E-state index contributed by atoms with van der Waals surface area (Å²) < 4.78 is 34.9. The van der Waals surface area contributed by atoms with Gasteiger partial charge < -0.3 is 4.74 Å². The molecule has 3 aromatic rings. The van der Waals surface area contributed by atoms with E-state index < -0.39 is 23.9 Å². The Balaban J connectivity index is 2.11. The molecule has 1 aromatic carbocycles. The van der Waals surface area contributed by atoms with E-state index in [-0.39, 0.29) is 32.9 Å². The van der Waals surface area contributed by atoms with Crippen LogP contribution in [0.3, 0.4) is 0 Å². The monoisotopic (exact) mass is 443 g/mol. The van der Waals surface area contributed by atoms with Crippen LogP contribution >= 0.6 is 23.2 Å². The minimum absolute atomic E-state index is 0.0536. The Morgan fingerprint density at radius 3 is 2.69 bits per heavy atom. The molecule has 152 valence electrons. The zero-order valence-corrected chi connectivity index (χ0v) is 16.5. The number of ether oxygens (including phenoxy) is 1. The highest BCUT2D eigenvalue weighted by Crippen LogP contribution is 2.38. The van der Waals surface area contributed by atoms with Crippen molar-refractivity contribution in [2.75, 3.05) is 0 Å². The van der Waals surface area contributed by atoms with Crippen molar-refractivity contribution in [3.63, 3.8) is 0 Å². The predicted molar refractivity (Wildman–Crippen MR) is 99.7 cm³/mol. The number of hydrogen-bond acceptors (Lipinski definition) is 6. The third-order valence-electron chi connectivity index (χ3n) is 3.51. The molecule has 0 aliphatic rings. The second-order valence-electron chi connectivity index (χ2n) is 5.70. The fourth-order valence-corrected chi connectivity index (χ4v) is 2.83. The molecule has 1 atom stereocenters. The maximum Gasteiger partial charge on any atom is 0.339 e. The van der Waals surface area contributed by atoms with Crippen LogP contribution in [0.15, 0.2) is 36.7 Å². The number of halogens is 4. The Bertz CT molecular complexity index is 1060. The number of rotatable bonds is 6. The van der Waals surface area contributed by atoms with E-state index in [1.54, 1.807) is 0 Å². The summed E-state index contributed by atoms with van der Waals surface area (Å²) in [5, 5.41) is 3.93. The van der Waals surface area contributed by atoms with Crippen LogP contribution in [0.25, 0.3) is 16.9 Å². The Kier molecular flexibility index (Phi) is 6.31. The van der Waals surface area contributed by atoms with Crippen LogP contribution in [-0.2, 0) is 14.6 Å². The molecule has 1 unspecified atom stereocenters. The number of carbonyl (C=O) groups is 1. The van der Waals surface area contributed by atoms with E-state index in [2.05, 4.69) is 15.0 Å². The lowest BCUT2D eigenvalue weighted by atomic mass is 10.2. The molecule has 0 radical (unpaired) electrons. The van der Waals surface area contributed by atoms with Gasteiger partial charge in [0.25, 0.3) is 5.88 Å². The molecule has 0 saturated heterocycles. The van der Waals surface area contributed by atoms with Gasteiger partial charge in [0.2, 0.25) is 6.29 Å². The molecular weight excluding hydrogens is 431 g/mol. The quantitative estimate of drug-likeness (QED) is 0.311. The molecule has 7 nitrogen and oxygen atoms in total. The Labute approximate surface area is 173 Å². The molecule has 2 heterocycles. The van der Waals surface area contributed by atoms with E-state index in [1.165, 1.54) is 31.3 Å². The van der Waals surface area contributed by atoms with E-state index in [1.807, 2.05) is 0 Å². The van der Waals surface area contributed by atoms with E-state index in [9.17, 15) is 13.6 Å². The van der Waals surface area contributed by atoms with Crippen LogP contribution in [0.2, 0.25) is 10.0 Å². The first-order valence-electron chi connectivity index (χ1n) is 8.12. The summed E-state index contributed by atoms with van der Waals surface area (Å²) in [5.41, 5.74) is 0.266. The lowest BCUT2D eigenvalue weighted by Gasteiger charge is -2.11. The van der Waals surface area contributed by atoms with Gasteiger partial charge in [-0.25, -0.2) is 18.3 Å². The Hall–Kier alpha value is -2.75. The minimum atomic E-state index is -1.09. The van der Waals surface area contributed by atoms with Gasteiger partial charge in [-0.3, -0.25) is 9.87 Å². The summed E-state index contributed by atoms with van der Waals surface area (Å²) in [6.07, 6.45) is 1.24. The van der Waals surface area contributed by atoms with Crippen LogP contribution in [0.4, 0.5) is 8.78 Å². The summed E-state index contributed by atoms with van der Waals surface area (Å²) in [6, 6.07) is 5.43. The highest BCUT2D eigenvalue weighted by molar-refractivity contribution is 6.34. The molecule has 11 heteroatoms. The highest BCUT2D eigenvalue weighted by Gasteiger charge is 2.25. The largest absolute Gasteiger partial charge is 0.442 e. The topological polar surface area (TPSA) is 75.5 Å². The van der Waals surface area contributed by atoms with Crippen molar-refractivity contribution in [3.05, 3.63) is 58.3 Å². The van der Waals surface area contributed by atoms with E-state index in [0.29, 0.717) is 0 Å². The Morgan fingerprint density at radius 1 is 1.24 bits per heavy atom.